The van der Waals surface area contributed by atoms with Gasteiger partial charge in [0, 0.05) is 24.6 Å². The van der Waals surface area contributed by atoms with Crippen LogP contribution < -0.4 is 10.6 Å². The molecule has 0 amide bonds. The number of rotatable bonds is 5. The van der Waals surface area contributed by atoms with Gasteiger partial charge in [-0.1, -0.05) is 39.0 Å². The molecule has 0 aromatic carbocycles. The van der Waals surface area contributed by atoms with Gasteiger partial charge in [0.2, 0.25) is 0 Å². The van der Waals surface area contributed by atoms with E-state index in [4.69, 9.17) is 4.98 Å². The maximum atomic E-state index is 4.72. The van der Waals surface area contributed by atoms with E-state index in [1.807, 2.05) is 0 Å². The molecule has 1 aromatic rings. The van der Waals surface area contributed by atoms with Crippen LogP contribution in [0.25, 0.3) is 0 Å². The molecule has 1 aromatic heterocycles. The van der Waals surface area contributed by atoms with Gasteiger partial charge in [-0.15, -0.1) is 0 Å². The quantitative estimate of drug-likeness (QED) is 0.848. The van der Waals surface area contributed by atoms with Gasteiger partial charge < -0.3 is 10.6 Å². The summed E-state index contributed by atoms with van der Waals surface area (Å²) in [7, 11) is 0. The van der Waals surface area contributed by atoms with Gasteiger partial charge in [0.25, 0.3) is 0 Å². The topological polar surface area (TPSA) is 49.8 Å². The molecular formula is C17H30N4. The van der Waals surface area contributed by atoms with Gasteiger partial charge in [0.1, 0.15) is 17.5 Å². The van der Waals surface area contributed by atoms with Crippen LogP contribution in [0.4, 0.5) is 11.6 Å². The lowest BCUT2D eigenvalue weighted by Gasteiger charge is -2.23. The van der Waals surface area contributed by atoms with E-state index in [0.717, 1.165) is 36.0 Å². The molecule has 4 heteroatoms. The second-order valence-electron chi connectivity index (χ2n) is 6.03. The van der Waals surface area contributed by atoms with Crippen molar-refractivity contribution in [3.8, 4) is 0 Å². The van der Waals surface area contributed by atoms with E-state index in [2.05, 4.69) is 36.4 Å². The van der Waals surface area contributed by atoms with E-state index in [1.165, 1.54) is 44.9 Å². The Kier molecular flexibility index (Phi) is 6.27. The van der Waals surface area contributed by atoms with Crippen molar-refractivity contribution < 1.29 is 0 Å². The third kappa shape index (κ3) is 4.58. The van der Waals surface area contributed by atoms with Gasteiger partial charge in [0.05, 0.1) is 0 Å². The minimum absolute atomic E-state index is 0.568. The van der Waals surface area contributed by atoms with Gasteiger partial charge >= 0.3 is 0 Å². The first-order valence-electron chi connectivity index (χ1n) is 8.62. The van der Waals surface area contributed by atoms with Gasteiger partial charge in [-0.3, -0.25) is 0 Å². The van der Waals surface area contributed by atoms with E-state index < -0.39 is 0 Å². The molecular weight excluding hydrogens is 260 g/mol. The third-order valence-corrected chi connectivity index (χ3v) is 4.30. The summed E-state index contributed by atoms with van der Waals surface area (Å²) in [6.07, 6.45) is 10.2. The smallest absolute Gasteiger partial charge is 0.134 e. The zero-order valence-electron chi connectivity index (χ0n) is 13.8. The molecule has 0 bridgehead atoms. The standard InChI is InChI=1S/C17H30N4/c1-4-15-20-16(18-5-2)13(3)17(21-15)19-14-11-9-7-6-8-10-12-14/h14H,4-12H2,1-3H3,(H2,18,19,20,21). The molecule has 1 saturated carbocycles. The highest BCUT2D eigenvalue weighted by molar-refractivity contribution is 5.57. The summed E-state index contributed by atoms with van der Waals surface area (Å²) in [5.74, 6) is 2.94. The van der Waals surface area contributed by atoms with Crippen LogP contribution in [0, 0.1) is 6.92 Å². The van der Waals surface area contributed by atoms with Crippen LogP contribution in [0.5, 0.6) is 0 Å². The fraction of sp³-hybridized carbons (Fsp3) is 0.765. The minimum Gasteiger partial charge on any atom is -0.370 e. The first-order chi connectivity index (χ1) is 10.2. The van der Waals surface area contributed by atoms with Crippen molar-refractivity contribution in [2.75, 3.05) is 17.2 Å². The van der Waals surface area contributed by atoms with Crippen molar-refractivity contribution in [1.29, 1.82) is 0 Å². The van der Waals surface area contributed by atoms with Crippen molar-refractivity contribution in [2.45, 2.75) is 78.2 Å². The van der Waals surface area contributed by atoms with Crippen LogP contribution in [-0.2, 0) is 6.42 Å². The van der Waals surface area contributed by atoms with Gasteiger partial charge in [-0.2, -0.15) is 0 Å². The minimum atomic E-state index is 0.568. The van der Waals surface area contributed by atoms with Gasteiger partial charge in [0.15, 0.2) is 0 Å². The van der Waals surface area contributed by atoms with Crippen LogP contribution >= 0.6 is 0 Å². The fourth-order valence-electron chi connectivity index (χ4n) is 2.99. The predicted molar refractivity (Wildman–Crippen MR) is 90.0 cm³/mol. The summed E-state index contributed by atoms with van der Waals surface area (Å²) in [5, 5.41) is 7.06. The third-order valence-electron chi connectivity index (χ3n) is 4.30. The van der Waals surface area contributed by atoms with Crippen molar-refractivity contribution in [3.63, 3.8) is 0 Å². The second-order valence-corrected chi connectivity index (χ2v) is 6.03. The Morgan fingerprint density at radius 3 is 2.19 bits per heavy atom. The zero-order chi connectivity index (χ0) is 15.1. The summed E-state index contributed by atoms with van der Waals surface area (Å²) >= 11 is 0. The lowest BCUT2D eigenvalue weighted by Crippen LogP contribution is -2.23. The van der Waals surface area contributed by atoms with Crippen LogP contribution in [-0.4, -0.2) is 22.6 Å². The number of hydrogen-bond acceptors (Lipinski definition) is 4. The lowest BCUT2D eigenvalue weighted by atomic mass is 9.96. The van der Waals surface area contributed by atoms with Crippen LogP contribution in [0.2, 0.25) is 0 Å². The maximum absolute atomic E-state index is 4.72. The molecule has 1 aliphatic carbocycles. The molecule has 21 heavy (non-hydrogen) atoms. The Balaban J connectivity index is 2.14. The predicted octanol–water partition coefficient (Wildman–Crippen LogP) is 4.30. The lowest BCUT2D eigenvalue weighted by molar-refractivity contribution is 0.470. The normalized spacial score (nSPS) is 17.1. The Labute approximate surface area is 129 Å². The molecule has 0 atom stereocenters. The summed E-state index contributed by atoms with van der Waals surface area (Å²) in [4.78, 5) is 9.33. The zero-order valence-corrected chi connectivity index (χ0v) is 13.8. The van der Waals surface area contributed by atoms with Crippen LogP contribution in [0.3, 0.4) is 0 Å². The number of aryl methyl sites for hydroxylation is 1. The number of nitrogens with zero attached hydrogens (tertiary/aromatic N) is 2. The first kappa shape index (κ1) is 16.1. The Hall–Kier alpha value is -1.32. The molecule has 1 heterocycles. The molecule has 0 saturated heterocycles. The SMILES string of the molecule is CCNc1nc(CC)nc(NC2CCCCCCC2)c1C. The number of anilines is 2. The molecule has 0 unspecified atom stereocenters. The highest BCUT2D eigenvalue weighted by atomic mass is 15.1. The van der Waals surface area contributed by atoms with Gasteiger partial charge in [-0.25, -0.2) is 9.97 Å². The van der Waals surface area contributed by atoms with Gasteiger partial charge in [-0.05, 0) is 26.7 Å². The molecule has 1 aliphatic rings. The fourth-order valence-corrected chi connectivity index (χ4v) is 2.99. The van der Waals surface area contributed by atoms with E-state index >= 15 is 0 Å². The number of nitrogens with one attached hydrogen (secondary N) is 2. The Bertz CT molecular complexity index is 437. The second kappa shape index (κ2) is 8.20. The molecule has 2 N–H and O–H groups in total. The average molecular weight is 290 g/mol. The van der Waals surface area contributed by atoms with Crippen LogP contribution in [0.1, 0.15) is 70.2 Å². The van der Waals surface area contributed by atoms with E-state index in [0.29, 0.717) is 6.04 Å². The Morgan fingerprint density at radius 2 is 1.57 bits per heavy atom. The summed E-state index contributed by atoms with van der Waals surface area (Å²) in [6.45, 7) is 7.22. The molecule has 1 fully saturated rings. The largest absolute Gasteiger partial charge is 0.370 e. The highest BCUT2D eigenvalue weighted by Gasteiger charge is 2.15. The molecule has 2 rings (SSSR count). The molecule has 0 spiro atoms. The molecule has 118 valence electrons. The summed E-state index contributed by atoms with van der Waals surface area (Å²) in [6, 6.07) is 0.568. The van der Waals surface area contributed by atoms with E-state index in [-0.39, 0.29) is 0 Å². The summed E-state index contributed by atoms with van der Waals surface area (Å²) in [5.41, 5.74) is 1.15. The van der Waals surface area contributed by atoms with Crippen LogP contribution in [0.15, 0.2) is 0 Å². The Morgan fingerprint density at radius 1 is 0.952 bits per heavy atom. The number of aromatic nitrogens is 2. The van der Waals surface area contributed by atoms with Crippen molar-refractivity contribution >= 4 is 11.6 Å². The molecule has 0 radical (unpaired) electrons. The number of hydrogen-bond donors (Lipinski definition) is 2. The summed E-state index contributed by atoms with van der Waals surface area (Å²) < 4.78 is 0. The average Bonchev–Trinajstić information content (AvgIpc) is 2.45. The van der Waals surface area contributed by atoms with E-state index in [9.17, 15) is 0 Å². The van der Waals surface area contributed by atoms with Crippen molar-refractivity contribution in [2.24, 2.45) is 0 Å². The monoisotopic (exact) mass is 290 g/mol. The van der Waals surface area contributed by atoms with E-state index in [1.54, 1.807) is 0 Å². The van der Waals surface area contributed by atoms with Crippen molar-refractivity contribution in [1.82, 2.24) is 9.97 Å². The molecule has 4 nitrogen and oxygen atoms in total. The maximum Gasteiger partial charge on any atom is 0.134 e. The highest BCUT2D eigenvalue weighted by Crippen LogP contribution is 2.24. The van der Waals surface area contributed by atoms with Crippen molar-refractivity contribution in [3.05, 3.63) is 11.4 Å². The first-order valence-corrected chi connectivity index (χ1v) is 8.62. The molecule has 0 aliphatic heterocycles.